The minimum atomic E-state index is -0.0397. The van der Waals surface area contributed by atoms with Crippen molar-refractivity contribution in [2.24, 2.45) is 0 Å². The first-order chi connectivity index (χ1) is 9.72. The lowest BCUT2D eigenvalue weighted by Crippen LogP contribution is -2.05. The van der Waals surface area contributed by atoms with Gasteiger partial charge in [0.2, 0.25) is 5.91 Å². The number of aromatic amines is 1. The minimum Gasteiger partial charge on any atom is -0.358 e. The Morgan fingerprint density at radius 1 is 1.20 bits per heavy atom. The first-order valence-corrected chi connectivity index (χ1v) is 6.73. The van der Waals surface area contributed by atoms with Crippen molar-refractivity contribution in [1.29, 1.82) is 0 Å². The molecule has 2 N–H and O–H groups in total. The third-order valence-electron chi connectivity index (χ3n) is 3.85. The van der Waals surface area contributed by atoms with E-state index in [2.05, 4.69) is 40.6 Å². The van der Waals surface area contributed by atoms with Crippen LogP contribution in [0.25, 0.3) is 22.0 Å². The molecule has 0 bridgehead atoms. The molecule has 0 saturated carbocycles. The molecule has 1 aliphatic rings. The molecule has 1 aromatic heterocycles. The van der Waals surface area contributed by atoms with Gasteiger partial charge in [0.15, 0.2) is 0 Å². The van der Waals surface area contributed by atoms with E-state index in [9.17, 15) is 4.79 Å². The molecule has 20 heavy (non-hydrogen) atoms. The number of aromatic nitrogens is 1. The van der Waals surface area contributed by atoms with Crippen LogP contribution in [0.2, 0.25) is 0 Å². The molecule has 3 nitrogen and oxygen atoms in total. The highest BCUT2D eigenvalue weighted by Gasteiger charge is 2.23. The second-order valence-corrected chi connectivity index (χ2v) is 5.25. The Morgan fingerprint density at radius 3 is 2.90 bits per heavy atom. The number of rotatable bonds is 1. The largest absolute Gasteiger partial charge is 0.358 e. The average molecular weight is 262 g/mol. The summed E-state index contributed by atoms with van der Waals surface area (Å²) in [6.45, 7) is 1.53. The van der Waals surface area contributed by atoms with Crippen LogP contribution in [0.4, 0.5) is 5.69 Å². The molecule has 1 amide bonds. The summed E-state index contributed by atoms with van der Waals surface area (Å²) in [7, 11) is 0. The Labute approximate surface area is 116 Å². The van der Waals surface area contributed by atoms with Gasteiger partial charge in [-0.25, -0.2) is 0 Å². The van der Waals surface area contributed by atoms with E-state index in [0.29, 0.717) is 0 Å². The molecule has 3 aromatic rings. The van der Waals surface area contributed by atoms with Crippen LogP contribution >= 0.6 is 0 Å². The number of para-hydroxylation sites is 1. The molecular weight excluding hydrogens is 248 g/mol. The average Bonchev–Trinajstić information content (AvgIpc) is 2.93. The number of anilines is 1. The molecule has 0 unspecified atom stereocenters. The van der Waals surface area contributed by atoms with Crippen LogP contribution in [0.3, 0.4) is 0 Å². The quantitative estimate of drug-likeness (QED) is 0.540. The zero-order valence-electron chi connectivity index (χ0n) is 11.2. The second kappa shape index (κ2) is 3.97. The van der Waals surface area contributed by atoms with Crippen LogP contribution in [0.5, 0.6) is 0 Å². The lowest BCUT2D eigenvalue weighted by Gasteiger charge is -2.06. The van der Waals surface area contributed by atoms with Crippen molar-refractivity contribution in [2.45, 2.75) is 13.3 Å². The number of carbonyl (C=O) groups excluding carboxylic acids is 1. The highest BCUT2D eigenvalue weighted by molar-refractivity contribution is 6.01. The third kappa shape index (κ3) is 1.56. The molecule has 4 rings (SSSR count). The van der Waals surface area contributed by atoms with Crippen LogP contribution in [0, 0.1) is 0 Å². The van der Waals surface area contributed by atoms with E-state index in [-0.39, 0.29) is 5.91 Å². The summed E-state index contributed by atoms with van der Waals surface area (Å²) in [5, 5.41) is 4.11. The van der Waals surface area contributed by atoms with E-state index in [1.54, 1.807) is 0 Å². The Morgan fingerprint density at radius 2 is 2.05 bits per heavy atom. The normalized spacial score (nSPS) is 12.2. The smallest absolute Gasteiger partial charge is 0.221 e. The van der Waals surface area contributed by atoms with E-state index in [1.807, 2.05) is 12.1 Å². The summed E-state index contributed by atoms with van der Waals surface area (Å²) in [6.07, 6.45) is 0.930. The van der Waals surface area contributed by atoms with Gasteiger partial charge < -0.3 is 10.3 Å². The van der Waals surface area contributed by atoms with Gasteiger partial charge in [-0.15, -0.1) is 0 Å². The van der Waals surface area contributed by atoms with Crippen LogP contribution < -0.4 is 5.32 Å². The van der Waals surface area contributed by atoms with Gasteiger partial charge in [-0.3, -0.25) is 4.79 Å². The summed E-state index contributed by atoms with van der Waals surface area (Å²) < 4.78 is 0. The zero-order chi connectivity index (χ0) is 13.7. The molecule has 0 spiro atoms. The highest BCUT2D eigenvalue weighted by atomic mass is 16.1. The topological polar surface area (TPSA) is 44.9 Å². The number of carbonyl (C=O) groups is 1. The van der Waals surface area contributed by atoms with E-state index in [0.717, 1.165) is 12.1 Å². The standard InChI is InChI=1S/C17H14N2O/c1-10(20)18-12-7-6-11-8-16-17(14(11)9-12)13-4-2-3-5-15(13)19-16/h2-7,9,19H,8H2,1H3,(H,18,20). The van der Waals surface area contributed by atoms with Crippen molar-refractivity contribution in [2.75, 3.05) is 5.32 Å². The maximum Gasteiger partial charge on any atom is 0.221 e. The van der Waals surface area contributed by atoms with E-state index >= 15 is 0 Å². The van der Waals surface area contributed by atoms with Crippen molar-refractivity contribution in [3.8, 4) is 11.1 Å². The van der Waals surface area contributed by atoms with Gasteiger partial charge in [0.1, 0.15) is 0 Å². The predicted molar refractivity (Wildman–Crippen MR) is 80.8 cm³/mol. The van der Waals surface area contributed by atoms with Crippen LogP contribution in [0.1, 0.15) is 18.2 Å². The van der Waals surface area contributed by atoms with Crippen molar-refractivity contribution < 1.29 is 4.79 Å². The SMILES string of the molecule is CC(=O)Nc1ccc2c(c1)-c1c([nH]c3ccccc13)C2. The number of hydrogen-bond donors (Lipinski definition) is 2. The fraction of sp³-hybridized carbons (Fsp3) is 0.118. The summed E-state index contributed by atoms with van der Waals surface area (Å²) in [5.41, 5.74) is 7.11. The number of amides is 1. The summed E-state index contributed by atoms with van der Waals surface area (Å²) >= 11 is 0. The monoisotopic (exact) mass is 262 g/mol. The maximum atomic E-state index is 11.2. The number of fused-ring (bicyclic) bond motifs is 5. The summed E-state index contributed by atoms with van der Waals surface area (Å²) in [4.78, 5) is 14.7. The predicted octanol–water partition coefficient (Wildman–Crippen LogP) is 3.70. The van der Waals surface area contributed by atoms with E-state index in [4.69, 9.17) is 0 Å². The zero-order valence-corrected chi connectivity index (χ0v) is 11.2. The molecule has 2 aromatic carbocycles. The van der Waals surface area contributed by atoms with E-state index in [1.165, 1.54) is 40.2 Å². The van der Waals surface area contributed by atoms with E-state index < -0.39 is 0 Å². The van der Waals surface area contributed by atoms with Gasteiger partial charge >= 0.3 is 0 Å². The van der Waals surface area contributed by atoms with Crippen molar-refractivity contribution in [3.05, 3.63) is 53.7 Å². The Balaban J connectivity index is 1.93. The molecule has 0 fully saturated rings. The van der Waals surface area contributed by atoms with Gasteiger partial charge in [0.05, 0.1) is 0 Å². The lowest BCUT2D eigenvalue weighted by atomic mass is 10.0. The molecule has 3 heteroatoms. The Hall–Kier alpha value is -2.55. The molecule has 0 aliphatic heterocycles. The molecule has 1 heterocycles. The second-order valence-electron chi connectivity index (χ2n) is 5.25. The third-order valence-corrected chi connectivity index (χ3v) is 3.85. The van der Waals surface area contributed by atoms with Gasteiger partial charge in [0, 0.05) is 41.2 Å². The number of benzene rings is 2. The summed E-state index contributed by atoms with van der Waals surface area (Å²) in [5.74, 6) is -0.0397. The van der Waals surface area contributed by atoms with Crippen molar-refractivity contribution in [1.82, 2.24) is 4.98 Å². The van der Waals surface area contributed by atoms with Crippen LogP contribution in [0.15, 0.2) is 42.5 Å². The number of hydrogen-bond acceptors (Lipinski definition) is 1. The Bertz CT molecular complexity index is 845. The van der Waals surface area contributed by atoms with Crippen molar-refractivity contribution in [3.63, 3.8) is 0 Å². The number of nitrogens with one attached hydrogen (secondary N) is 2. The fourth-order valence-corrected chi connectivity index (χ4v) is 3.07. The first-order valence-electron chi connectivity index (χ1n) is 6.73. The van der Waals surface area contributed by atoms with Gasteiger partial charge in [0.25, 0.3) is 0 Å². The van der Waals surface area contributed by atoms with Crippen LogP contribution in [-0.2, 0) is 11.2 Å². The molecular formula is C17H14N2O. The minimum absolute atomic E-state index is 0.0397. The van der Waals surface area contributed by atoms with Gasteiger partial charge in [-0.1, -0.05) is 24.3 Å². The van der Waals surface area contributed by atoms with Gasteiger partial charge in [-0.2, -0.15) is 0 Å². The fourth-order valence-electron chi connectivity index (χ4n) is 3.07. The van der Waals surface area contributed by atoms with Gasteiger partial charge in [-0.05, 0) is 29.3 Å². The molecule has 98 valence electrons. The molecule has 0 saturated heterocycles. The first kappa shape index (κ1) is 11.3. The number of H-pyrrole nitrogens is 1. The summed E-state index contributed by atoms with van der Waals surface area (Å²) in [6, 6.07) is 14.5. The molecule has 0 radical (unpaired) electrons. The Kier molecular flexibility index (Phi) is 2.24. The van der Waals surface area contributed by atoms with Crippen LogP contribution in [-0.4, -0.2) is 10.9 Å². The highest BCUT2D eigenvalue weighted by Crippen LogP contribution is 2.42. The molecule has 0 atom stereocenters. The maximum absolute atomic E-state index is 11.2. The lowest BCUT2D eigenvalue weighted by molar-refractivity contribution is -0.114. The molecule has 1 aliphatic carbocycles. The van der Waals surface area contributed by atoms with Crippen molar-refractivity contribution >= 4 is 22.5 Å².